The summed E-state index contributed by atoms with van der Waals surface area (Å²) < 4.78 is 0.387. The highest BCUT2D eigenvalue weighted by molar-refractivity contribution is 8.00. The van der Waals surface area contributed by atoms with E-state index in [1.165, 1.54) is 63.5 Å². The minimum Gasteiger partial charge on any atom is -0.271 e. The van der Waals surface area contributed by atoms with Crippen LogP contribution in [0.3, 0.4) is 0 Å². The van der Waals surface area contributed by atoms with E-state index in [-0.39, 0.29) is 0 Å². The van der Waals surface area contributed by atoms with E-state index in [1.807, 2.05) is 0 Å². The molecule has 0 spiro atoms. The number of nitrogens with two attached hydrogens (primary N) is 1. The molecule has 1 heterocycles. The first kappa shape index (κ1) is 15.3. The van der Waals surface area contributed by atoms with Gasteiger partial charge in [0.05, 0.1) is 0 Å². The van der Waals surface area contributed by atoms with Crippen LogP contribution in [-0.2, 0) is 0 Å². The second-order valence-electron chi connectivity index (χ2n) is 5.54. The van der Waals surface area contributed by atoms with Gasteiger partial charge in [-0.05, 0) is 31.9 Å². The summed E-state index contributed by atoms with van der Waals surface area (Å²) in [5.41, 5.74) is 3.07. The SMILES string of the molecule is CCCCCCCCC(NN)C1(C)CCCS1. The van der Waals surface area contributed by atoms with Crippen LogP contribution in [0.15, 0.2) is 0 Å². The zero-order chi connectivity index (χ0) is 12.6. The fourth-order valence-electron chi connectivity index (χ4n) is 2.77. The maximum Gasteiger partial charge on any atom is 0.0354 e. The van der Waals surface area contributed by atoms with Crippen molar-refractivity contribution < 1.29 is 0 Å². The van der Waals surface area contributed by atoms with Crippen LogP contribution in [0.5, 0.6) is 0 Å². The largest absolute Gasteiger partial charge is 0.271 e. The van der Waals surface area contributed by atoms with Crippen LogP contribution >= 0.6 is 11.8 Å². The molecule has 0 amide bonds. The van der Waals surface area contributed by atoms with Crippen LogP contribution in [0, 0.1) is 0 Å². The predicted molar refractivity (Wildman–Crippen MR) is 79.2 cm³/mol. The van der Waals surface area contributed by atoms with E-state index in [4.69, 9.17) is 5.84 Å². The van der Waals surface area contributed by atoms with Crippen LogP contribution in [0.2, 0.25) is 0 Å². The number of unbranched alkanes of at least 4 members (excludes halogenated alkanes) is 5. The molecule has 1 saturated heterocycles. The van der Waals surface area contributed by atoms with E-state index in [2.05, 4.69) is 31.0 Å². The highest BCUT2D eigenvalue weighted by Gasteiger charge is 2.36. The molecule has 3 N–H and O–H groups in total. The van der Waals surface area contributed by atoms with Gasteiger partial charge in [0, 0.05) is 10.8 Å². The van der Waals surface area contributed by atoms with E-state index in [0.29, 0.717) is 10.8 Å². The highest BCUT2D eigenvalue weighted by Crippen LogP contribution is 2.41. The Morgan fingerprint density at radius 1 is 1.24 bits per heavy atom. The van der Waals surface area contributed by atoms with Crippen molar-refractivity contribution in [2.24, 2.45) is 5.84 Å². The van der Waals surface area contributed by atoms with Crippen LogP contribution in [0.25, 0.3) is 0 Å². The van der Waals surface area contributed by atoms with Crippen LogP contribution in [-0.4, -0.2) is 16.5 Å². The maximum absolute atomic E-state index is 5.74. The van der Waals surface area contributed by atoms with Crippen molar-refractivity contribution in [3.63, 3.8) is 0 Å². The molecule has 0 aromatic carbocycles. The monoisotopic (exact) mass is 258 g/mol. The Bertz CT molecular complexity index is 191. The number of hydrazine groups is 1. The molecule has 0 radical (unpaired) electrons. The molecule has 0 aliphatic carbocycles. The van der Waals surface area contributed by atoms with Crippen LogP contribution < -0.4 is 11.3 Å². The van der Waals surface area contributed by atoms with Gasteiger partial charge in [-0.25, -0.2) is 0 Å². The van der Waals surface area contributed by atoms with Gasteiger partial charge >= 0.3 is 0 Å². The van der Waals surface area contributed by atoms with Gasteiger partial charge in [0.1, 0.15) is 0 Å². The molecule has 0 saturated carbocycles. The minimum absolute atomic E-state index is 0.387. The predicted octanol–water partition coefficient (Wildman–Crippen LogP) is 3.85. The molecule has 3 heteroatoms. The molecule has 0 aromatic heterocycles. The molecule has 1 aliphatic heterocycles. The summed E-state index contributed by atoms with van der Waals surface area (Å²) in [5.74, 6) is 7.05. The van der Waals surface area contributed by atoms with Crippen molar-refractivity contribution in [3.8, 4) is 0 Å². The molecule has 2 unspecified atom stereocenters. The summed E-state index contributed by atoms with van der Waals surface area (Å²) in [6.07, 6.45) is 12.2. The third kappa shape index (κ3) is 5.19. The lowest BCUT2D eigenvalue weighted by atomic mass is 9.92. The van der Waals surface area contributed by atoms with Gasteiger partial charge < -0.3 is 0 Å². The van der Waals surface area contributed by atoms with Gasteiger partial charge in [-0.1, -0.05) is 45.4 Å². The lowest BCUT2D eigenvalue weighted by Crippen LogP contribution is -2.48. The minimum atomic E-state index is 0.387. The molecule has 17 heavy (non-hydrogen) atoms. The van der Waals surface area contributed by atoms with E-state index in [9.17, 15) is 0 Å². The second-order valence-corrected chi connectivity index (χ2v) is 7.17. The summed E-state index contributed by atoms with van der Waals surface area (Å²) in [6, 6.07) is 0.501. The van der Waals surface area contributed by atoms with E-state index >= 15 is 0 Å². The van der Waals surface area contributed by atoms with Crippen LogP contribution in [0.4, 0.5) is 0 Å². The van der Waals surface area contributed by atoms with Gasteiger partial charge in [-0.3, -0.25) is 11.3 Å². The first-order valence-electron chi connectivity index (χ1n) is 7.33. The quantitative estimate of drug-likeness (QED) is 0.375. The van der Waals surface area contributed by atoms with E-state index < -0.39 is 0 Å². The maximum atomic E-state index is 5.74. The molecular weight excluding hydrogens is 228 g/mol. The van der Waals surface area contributed by atoms with Crippen molar-refractivity contribution in [2.75, 3.05) is 5.75 Å². The van der Waals surface area contributed by atoms with Gasteiger partial charge in [0.25, 0.3) is 0 Å². The Balaban J connectivity index is 2.14. The Morgan fingerprint density at radius 3 is 2.53 bits per heavy atom. The van der Waals surface area contributed by atoms with E-state index in [0.717, 1.165) is 0 Å². The third-order valence-electron chi connectivity index (χ3n) is 4.03. The molecule has 102 valence electrons. The topological polar surface area (TPSA) is 38.0 Å². The van der Waals surface area contributed by atoms with Gasteiger partial charge in [0.15, 0.2) is 0 Å². The number of thioether (sulfide) groups is 1. The van der Waals surface area contributed by atoms with Crippen molar-refractivity contribution in [3.05, 3.63) is 0 Å². The summed E-state index contributed by atoms with van der Waals surface area (Å²) in [5, 5.41) is 0. The van der Waals surface area contributed by atoms with E-state index in [1.54, 1.807) is 0 Å². The average molecular weight is 258 g/mol. The summed E-state index contributed by atoms with van der Waals surface area (Å²) in [7, 11) is 0. The molecule has 2 atom stereocenters. The Hall–Kier alpha value is 0.270. The molecule has 0 bridgehead atoms. The number of rotatable bonds is 9. The Kier molecular flexibility index (Phi) is 7.56. The fourth-order valence-corrected chi connectivity index (χ4v) is 4.20. The molecular formula is C14H30N2S. The van der Waals surface area contributed by atoms with Gasteiger partial charge in [0.2, 0.25) is 0 Å². The third-order valence-corrected chi connectivity index (χ3v) is 5.67. The average Bonchev–Trinajstić information content (AvgIpc) is 2.76. The van der Waals surface area contributed by atoms with Crippen molar-refractivity contribution in [1.29, 1.82) is 0 Å². The van der Waals surface area contributed by atoms with Crippen molar-refractivity contribution in [2.45, 2.75) is 82.4 Å². The normalized spacial score (nSPS) is 26.3. The first-order valence-corrected chi connectivity index (χ1v) is 8.31. The molecule has 2 nitrogen and oxygen atoms in total. The highest BCUT2D eigenvalue weighted by atomic mass is 32.2. The fraction of sp³-hybridized carbons (Fsp3) is 1.00. The van der Waals surface area contributed by atoms with Crippen LogP contribution in [0.1, 0.15) is 71.6 Å². The second kappa shape index (κ2) is 8.39. The van der Waals surface area contributed by atoms with Gasteiger partial charge in [-0.2, -0.15) is 11.8 Å². The van der Waals surface area contributed by atoms with Crippen molar-refractivity contribution >= 4 is 11.8 Å². The Morgan fingerprint density at radius 2 is 1.94 bits per heavy atom. The Labute approximate surface area is 111 Å². The summed E-state index contributed by atoms with van der Waals surface area (Å²) >= 11 is 2.11. The lowest BCUT2D eigenvalue weighted by molar-refractivity contribution is 0.372. The number of hydrogen-bond donors (Lipinski definition) is 2. The smallest absolute Gasteiger partial charge is 0.0354 e. The zero-order valence-electron chi connectivity index (χ0n) is 11.6. The molecule has 1 aliphatic rings. The number of nitrogens with one attached hydrogen (secondary N) is 1. The lowest BCUT2D eigenvalue weighted by Gasteiger charge is -2.32. The zero-order valence-corrected chi connectivity index (χ0v) is 12.5. The standard InChI is InChI=1S/C14H30N2S/c1-3-4-5-6-7-8-10-13(16-15)14(2)11-9-12-17-14/h13,16H,3-12,15H2,1-2H3. The first-order chi connectivity index (χ1) is 8.23. The number of hydrogen-bond acceptors (Lipinski definition) is 3. The van der Waals surface area contributed by atoms with Crippen molar-refractivity contribution in [1.82, 2.24) is 5.43 Å². The molecule has 1 fully saturated rings. The summed E-state index contributed by atoms with van der Waals surface area (Å²) in [4.78, 5) is 0. The summed E-state index contributed by atoms with van der Waals surface area (Å²) in [6.45, 7) is 4.65. The van der Waals surface area contributed by atoms with Gasteiger partial charge in [-0.15, -0.1) is 0 Å². The molecule has 1 rings (SSSR count). The molecule has 0 aromatic rings.